The summed E-state index contributed by atoms with van der Waals surface area (Å²) in [6.07, 6.45) is 2.84. The number of Topliss-reactive ketones (excluding diaryl/α,β-unsaturated/α-hetero) is 1. The van der Waals surface area contributed by atoms with Gasteiger partial charge in [0.1, 0.15) is 0 Å². The molecule has 0 aromatic heterocycles. The third kappa shape index (κ3) is 3.90. The molecule has 0 N–H and O–H groups in total. The van der Waals surface area contributed by atoms with Crippen molar-refractivity contribution in [2.24, 2.45) is 5.92 Å². The zero-order valence-corrected chi connectivity index (χ0v) is 13.3. The first-order valence-electron chi connectivity index (χ1n) is 7.44. The molecule has 1 aromatic carbocycles. The highest BCUT2D eigenvalue weighted by Gasteiger charge is 2.26. The number of hydrogen-bond donors (Lipinski definition) is 0. The summed E-state index contributed by atoms with van der Waals surface area (Å²) in [5, 5.41) is 0. The van der Waals surface area contributed by atoms with Crippen LogP contribution in [0.1, 0.15) is 23.2 Å². The molecule has 1 aromatic rings. The summed E-state index contributed by atoms with van der Waals surface area (Å²) in [4.78, 5) is 17.1. The van der Waals surface area contributed by atoms with E-state index in [2.05, 4.69) is 25.7 Å². The highest BCUT2D eigenvalue weighted by molar-refractivity contribution is 9.10. The second kappa shape index (κ2) is 6.37. The van der Waals surface area contributed by atoms with E-state index in [1.54, 1.807) is 0 Å². The third-order valence-corrected chi connectivity index (χ3v) is 4.69. The Labute approximate surface area is 129 Å². The molecule has 4 heteroatoms. The molecular formula is C16H21BrN2O. The molecule has 1 heterocycles. The zero-order chi connectivity index (χ0) is 13.9. The Morgan fingerprint density at radius 1 is 1.15 bits per heavy atom. The second-order valence-corrected chi connectivity index (χ2v) is 6.87. The molecule has 1 aliphatic heterocycles. The van der Waals surface area contributed by atoms with Crippen LogP contribution in [-0.2, 0) is 0 Å². The highest BCUT2D eigenvalue weighted by atomic mass is 79.9. The normalized spacial score (nSPS) is 21.1. The van der Waals surface area contributed by atoms with Crippen LogP contribution < -0.4 is 0 Å². The van der Waals surface area contributed by atoms with E-state index in [0.717, 1.165) is 42.1 Å². The predicted octanol–water partition coefficient (Wildman–Crippen LogP) is 2.66. The molecule has 0 amide bonds. The van der Waals surface area contributed by atoms with Crippen molar-refractivity contribution in [3.05, 3.63) is 34.3 Å². The van der Waals surface area contributed by atoms with Crippen molar-refractivity contribution in [3.8, 4) is 0 Å². The first-order chi connectivity index (χ1) is 9.70. The molecule has 20 heavy (non-hydrogen) atoms. The van der Waals surface area contributed by atoms with Crippen molar-refractivity contribution in [2.75, 3.05) is 39.3 Å². The maximum absolute atomic E-state index is 12.3. The SMILES string of the molecule is O=C(CN1CCN(CC2CC2)CC1)c1cccc(Br)c1. The van der Waals surface area contributed by atoms with Crippen LogP contribution in [0.25, 0.3) is 0 Å². The van der Waals surface area contributed by atoms with Gasteiger partial charge in [0.25, 0.3) is 0 Å². The van der Waals surface area contributed by atoms with Crippen LogP contribution in [0.3, 0.4) is 0 Å². The summed E-state index contributed by atoms with van der Waals surface area (Å²) in [6, 6.07) is 7.68. The summed E-state index contributed by atoms with van der Waals surface area (Å²) >= 11 is 3.42. The number of ketones is 1. The number of rotatable bonds is 5. The van der Waals surface area contributed by atoms with Crippen molar-refractivity contribution in [3.63, 3.8) is 0 Å². The predicted molar refractivity (Wildman–Crippen MR) is 84.1 cm³/mol. The Hall–Kier alpha value is -0.710. The summed E-state index contributed by atoms with van der Waals surface area (Å²) in [5.74, 6) is 1.19. The van der Waals surface area contributed by atoms with Crippen LogP contribution in [0, 0.1) is 5.92 Å². The van der Waals surface area contributed by atoms with E-state index >= 15 is 0 Å². The number of halogens is 1. The van der Waals surface area contributed by atoms with Crippen LogP contribution in [0.15, 0.2) is 28.7 Å². The molecule has 2 fully saturated rings. The first-order valence-corrected chi connectivity index (χ1v) is 8.23. The lowest BCUT2D eigenvalue weighted by Gasteiger charge is -2.34. The van der Waals surface area contributed by atoms with E-state index in [1.165, 1.54) is 19.4 Å². The molecule has 0 radical (unpaired) electrons. The lowest BCUT2D eigenvalue weighted by molar-refractivity contribution is 0.0847. The van der Waals surface area contributed by atoms with E-state index in [-0.39, 0.29) is 5.78 Å². The average molecular weight is 337 g/mol. The Bertz CT molecular complexity index is 479. The van der Waals surface area contributed by atoms with Crippen LogP contribution >= 0.6 is 15.9 Å². The van der Waals surface area contributed by atoms with Gasteiger partial charge in [0, 0.05) is 42.8 Å². The molecule has 2 aliphatic rings. The molecule has 0 atom stereocenters. The van der Waals surface area contributed by atoms with Gasteiger partial charge in [-0.25, -0.2) is 0 Å². The Balaban J connectivity index is 1.47. The molecule has 3 nitrogen and oxygen atoms in total. The van der Waals surface area contributed by atoms with Gasteiger partial charge in [0.15, 0.2) is 5.78 Å². The van der Waals surface area contributed by atoms with E-state index in [0.29, 0.717) is 6.54 Å². The van der Waals surface area contributed by atoms with Crippen LogP contribution in [0.4, 0.5) is 0 Å². The number of benzene rings is 1. The standard InChI is InChI=1S/C16H21BrN2O/c17-15-3-1-2-14(10-15)16(20)12-19-8-6-18(7-9-19)11-13-4-5-13/h1-3,10,13H,4-9,11-12H2. The monoisotopic (exact) mass is 336 g/mol. The fourth-order valence-corrected chi connectivity index (χ4v) is 3.15. The Kier molecular flexibility index (Phi) is 4.54. The van der Waals surface area contributed by atoms with Crippen molar-refractivity contribution in [1.82, 2.24) is 9.80 Å². The van der Waals surface area contributed by atoms with Crippen LogP contribution in [-0.4, -0.2) is 54.9 Å². The summed E-state index contributed by atoms with van der Waals surface area (Å²) in [5.41, 5.74) is 0.805. The fourth-order valence-electron chi connectivity index (χ4n) is 2.75. The minimum Gasteiger partial charge on any atom is -0.301 e. The number of carbonyl (C=O) groups is 1. The maximum atomic E-state index is 12.3. The molecule has 108 valence electrons. The largest absolute Gasteiger partial charge is 0.301 e. The van der Waals surface area contributed by atoms with Gasteiger partial charge in [-0.3, -0.25) is 9.69 Å². The molecule has 1 saturated carbocycles. The van der Waals surface area contributed by atoms with Crippen molar-refractivity contribution in [2.45, 2.75) is 12.8 Å². The average Bonchev–Trinajstić information content (AvgIpc) is 3.25. The highest BCUT2D eigenvalue weighted by Crippen LogP contribution is 2.29. The minimum atomic E-state index is 0.224. The number of piperazine rings is 1. The number of hydrogen-bond acceptors (Lipinski definition) is 3. The van der Waals surface area contributed by atoms with Crippen molar-refractivity contribution in [1.29, 1.82) is 0 Å². The molecule has 1 saturated heterocycles. The van der Waals surface area contributed by atoms with Crippen molar-refractivity contribution < 1.29 is 4.79 Å². The van der Waals surface area contributed by atoms with Gasteiger partial charge in [-0.15, -0.1) is 0 Å². The third-order valence-electron chi connectivity index (χ3n) is 4.19. The maximum Gasteiger partial charge on any atom is 0.176 e. The van der Waals surface area contributed by atoms with E-state index < -0.39 is 0 Å². The second-order valence-electron chi connectivity index (χ2n) is 5.95. The topological polar surface area (TPSA) is 23.6 Å². The minimum absolute atomic E-state index is 0.224. The molecule has 0 bridgehead atoms. The molecular weight excluding hydrogens is 316 g/mol. The molecule has 0 spiro atoms. The molecule has 1 aliphatic carbocycles. The van der Waals surface area contributed by atoms with Gasteiger partial charge in [-0.05, 0) is 30.9 Å². The Morgan fingerprint density at radius 2 is 1.85 bits per heavy atom. The molecule has 3 rings (SSSR count). The Morgan fingerprint density at radius 3 is 2.50 bits per heavy atom. The zero-order valence-electron chi connectivity index (χ0n) is 11.7. The van der Waals surface area contributed by atoms with Gasteiger partial charge >= 0.3 is 0 Å². The smallest absolute Gasteiger partial charge is 0.176 e. The van der Waals surface area contributed by atoms with Gasteiger partial charge in [0.2, 0.25) is 0 Å². The van der Waals surface area contributed by atoms with Gasteiger partial charge in [-0.1, -0.05) is 28.1 Å². The summed E-state index contributed by atoms with van der Waals surface area (Å²) in [6.45, 7) is 6.09. The number of nitrogens with zero attached hydrogens (tertiary/aromatic N) is 2. The van der Waals surface area contributed by atoms with E-state index in [9.17, 15) is 4.79 Å². The lowest BCUT2D eigenvalue weighted by atomic mass is 10.1. The van der Waals surface area contributed by atoms with Gasteiger partial charge < -0.3 is 4.90 Å². The summed E-state index contributed by atoms with van der Waals surface area (Å²) in [7, 11) is 0. The molecule has 0 unspecified atom stereocenters. The van der Waals surface area contributed by atoms with E-state index in [1.807, 2.05) is 24.3 Å². The quantitative estimate of drug-likeness (QED) is 0.772. The lowest BCUT2D eigenvalue weighted by Crippen LogP contribution is -2.48. The van der Waals surface area contributed by atoms with Crippen LogP contribution in [0.5, 0.6) is 0 Å². The first kappa shape index (κ1) is 14.2. The fraction of sp³-hybridized carbons (Fsp3) is 0.562. The van der Waals surface area contributed by atoms with E-state index in [4.69, 9.17) is 0 Å². The number of carbonyl (C=O) groups excluding carboxylic acids is 1. The van der Waals surface area contributed by atoms with Crippen molar-refractivity contribution >= 4 is 21.7 Å². The van der Waals surface area contributed by atoms with Crippen LogP contribution in [0.2, 0.25) is 0 Å². The summed E-state index contributed by atoms with van der Waals surface area (Å²) < 4.78 is 0.970. The van der Waals surface area contributed by atoms with Gasteiger partial charge in [-0.2, -0.15) is 0 Å². The van der Waals surface area contributed by atoms with Gasteiger partial charge in [0.05, 0.1) is 6.54 Å².